The predicted molar refractivity (Wildman–Crippen MR) is 116 cm³/mol. The van der Waals surface area contributed by atoms with Gasteiger partial charge in [0.25, 0.3) is 0 Å². The highest BCUT2D eigenvalue weighted by Crippen LogP contribution is 2.54. The predicted octanol–water partition coefficient (Wildman–Crippen LogP) is 1.58. The molecule has 3 aliphatic heterocycles. The second kappa shape index (κ2) is 7.36. The summed E-state index contributed by atoms with van der Waals surface area (Å²) < 4.78 is 13.3. The van der Waals surface area contributed by atoms with E-state index in [1.807, 2.05) is 0 Å². The minimum Gasteiger partial charge on any atom is -0.370 e. The Morgan fingerprint density at radius 1 is 1.18 bits per heavy atom. The Bertz CT molecular complexity index is 1230. The number of rotatable bonds is 4. The average Bonchev–Trinajstić information content (AvgIpc) is 3.31. The fourth-order valence-electron chi connectivity index (χ4n) is 5.41. The fourth-order valence-corrected chi connectivity index (χ4v) is 5.69. The first-order valence-electron chi connectivity index (χ1n) is 10.4. The first-order chi connectivity index (χ1) is 15.6. The molecule has 4 amide bonds. The molecule has 2 fully saturated rings. The third-order valence-corrected chi connectivity index (χ3v) is 6.97. The molecular weight excluding hydrogens is 451 g/mol. The number of amides is 4. The van der Waals surface area contributed by atoms with Gasteiger partial charge in [-0.1, -0.05) is 23.7 Å². The Labute approximate surface area is 193 Å². The lowest BCUT2D eigenvalue weighted by atomic mass is 9.76. The number of primary amides is 1. The minimum atomic E-state index is -1.57. The fraction of sp³-hybridized carbons (Fsp3) is 0.304. The topological polar surface area (TPSA) is 122 Å². The summed E-state index contributed by atoms with van der Waals surface area (Å²) in [5.74, 6) is -4.71. The van der Waals surface area contributed by atoms with Crippen molar-refractivity contribution in [2.45, 2.75) is 31.5 Å². The van der Waals surface area contributed by atoms with Crippen molar-refractivity contribution < 1.29 is 23.6 Å². The summed E-state index contributed by atoms with van der Waals surface area (Å²) in [5, 5.41) is 6.32. The van der Waals surface area contributed by atoms with Crippen molar-refractivity contribution >= 4 is 40.9 Å². The molecule has 8 nitrogen and oxygen atoms in total. The van der Waals surface area contributed by atoms with E-state index in [-0.39, 0.29) is 13.0 Å². The molecule has 0 unspecified atom stereocenters. The average molecular weight is 471 g/mol. The molecule has 0 aromatic heterocycles. The molecule has 3 aliphatic rings. The standard InChI is InChI=1S/C23H20ClFN4O4/c1-10-6-12(24)7-14-19(10)27-22(33)23(14)18-17(15(28-23)8-16(26)30)20(31)29(21(18)32)9-11-2-4-13(25)5-3-11/h2-7,15,17-18,28H,8-9H2,1H3,(H2,26,30)(H,27,33)/t15-,17+,18-,23-/m0/s1. The van der Waals surface area contributed by atoms with Crippen LogP contribution in [-0.2, 0) is 31.3 Å². The molecule has 3 heterocycles. The van der Waals surface area contributed by atoms with Crippen molar-refractivity contribution in [3.63, 3.8) is 0 Å². The maximum Gasteiger partial charge on any atom is 0.250 e. The van der Waals surface area contributed by atoms with Gasteiger partial charge < -0.3 is 11.1 Å². The summed E-state index contributed by atoms with van der Waals surface area (Å²) in [6.45, 7) is 1.70. The Morgan fingerprint density at radius 2 is 1.88 bits per heavy atom. The van der Waals surface area contributed by atoms with E-state index in [1.54, 1.807) is 19.1 Å². The largest absolute Gasteiger partial charge is 0.370 e. The highest BCUT2D eigenvalue weighted by atomic mass is 35.5. The number of nitrogens with zero attached hydrogens (tertiary/aromatic N) is 1. The molecule has 1 spiro atoms. The van der Waals surface area contributed by atoms with Gasteiger partial charge in [0.2, 0.25) is 23.6 Å². The maximum atomic E-state index is 13.6. The molecule has 0 radical (unpaired) electrons. The first-order valence-corrected chi connectivity index (χ1v) is 10.8. The number of anilines is 1. The number of aryl methyl sites for hydroxylation is 1. The number of halogens is 2. The number of nitrogens with two attached hydrogens (primary N) is 1. The van der Waals surface area contributed by atoms with Gasteiger partial charge >= 0.3 is 0 Å². The van der Waals surface area contributed by atoms with Crippen LogP contribution in [0.25, 0.3) is 0 Å². The summed E-state index contributed by atoms with van der Waals surface area (Å²) >= 11 is 6.28. The van der Waals surface area contributed by atoms with Crippen LogP contribution in [0.15, 0.2) is 36.4 Å². The van der Waals surface area contributed by atoms with E-state index < -0.39 is 52.9 Å². The quantitative estimate of drug-likeness (QED) is 0.586. The molecule has 4 atom stereocenters. The lowest BCUT2D eigenvalue weighted by Gasteiger charge is -2.29. The summed E-state index contributed by atoms with van der Waals surface area (Å²) in [5.41, 5.74) is 6.10. The molecule has 10 heteroatoms. The Balaban J connectivity index is 1.62. The van der Waals surface area contributed by atoms with Crippen LogP contribution in [0.2, 0.25) is 5.02 Å². The minimum absolute atomic E-state index is 0.0760. The molecule has 33 heavy (non-hydrogen) atoms. The maximum absolute atomic E-state index is 13.6. The van der Waals surface area contributed by atoms with Crippen LogP contribution >= 0.6 is 11.6 Å². The van der Waals surface area contributed by atoms with Crippen LogP contribution in [0.1, 0.15) is 23.1 Å². The summed E-state index contributed by atoms with van der Waals surface area (Å²) in [6, 6.07) is 7.92. The van der Waals surface area contributed by atoms with Crippen LogP contribution in [0.3, 0.4) is 0 Å². The first kappa shape index (κ1) is 21.5. The monoisotopic (exact) mass is 470 g/mol. The van der Waals surface area contributed by atoms with Crippen molar-refractivity contribution in [1.29, 1.82) is 0 Å². The van der Waals surface area contributed by atoms with Gasteiger partial charge in [-0.3, -0.25) is 29.4 Å². The molecule has 0 aliphatic carbocycles. The van der Waals surface area contributed by atoms with Crippen LogP contribution in [-0.4, -0.2) is 34.6 Å². The second-order valence-electron chi connectivity index (χ2n) is 8.72. The Hall–Kier alpha value is -3.30. The summed E-state index contributed by atoms with van der Waals surface area (Å²) in [7, 11) is 0. The number of hydrogen-bond donors (Lipinski definition) is 3. The van der Waals surface area contributed by atoms with Crippen molar-refractivity contribution in [2.24, 2.45) is 17.6 Å². The van der Waals surface area contributed by atoms with Gasteiger partial charge in [0.15, 0.2) is 0 Å². The third kappa shape index (κ3) is 3.07. The van der Waals surface area contributed by atoms with E-state index in [0.717, 1.165) is 4.90 Å². The summed E-state index contributed by atoms with van der Waals surface area (Å²) in [6.07, 6.45) is -0.228. The van der Waals surface area contributed by atoms with E-state index in [1.165, 1.54) is 24.3 Å². The van der Waals surface area contributed by atoms with Gasteiger partial charge in [-0.05, 0) is 42.3 Å². The number of hydrogen-bond acceptors (Lipinski definition) is 5. The van der Waals surface area contributed by atoms with Gasteiger partial charge in [0.1, 0.15) is 11.4 Å². The molecule has 0 bridgehead atoms. The van der Waals surface area contributed by atoms with Gasteiger partial charge in [0.05, 0.1) is 18.4 Å². The van der Waals surface area contributed by atoms with E-state index in [9.17, 15) is 23.6 Å². The van der Waals surface area contributed by atoms with E-state index >= 15 is 0 Å². The van der Waals surface area contributed by atoms with E-state index in [4.69, 9.17) is 17.3 Å². The molecule has 4 N–H and O–H groups in total. The zero-order valence-electron chi connectivity index (χ0n) is 17.5. The van der Waals surface area contributed by atoms with Crippen molar-refractivity contribution in [1.82, 2.24) is 10.2 Å². The summed E-state index contributed by atoms with van der Waals surface area (Å²) in [4.78, 5) is 53.3. The number of carbonyl (C=O) groups excluding carboxylic acids is 4. The smallest absolute Gasteiger partial charge is 0.250 e. The molecule has 2 aromatic rings. The highest BCUT2D eigenvalue weighted by Gasteiger charge is 2.70. The van der Waals surface area contributed by atoms with E-state index in [2.05, 4.69) is 10.6 Å². The molecule has 0 saturated carbocycles. The third-order valence-electron chi connectivity index (χ3n) is 6.75. The van der Waals surface area contributed by atoms with Gasteiger partial charge in [-0.25, -0.2) is 4.39 Å². The Kier molecular flexibility index (Phi) is 4.80. The van der Waals surface area contributed by atoms with Gasteiger partial charge in [0, 0.05) is 28.7 Å². The van der Waals surface area contributed by atoms with Crippen LogP contribution in [0.5, 0.6) is 0 Å². The number of likely N-dealkylation sites (tertiary alicyclic amines) is 1. The highest BCUT2D eigenvalue weighted by molar-refractivity contribution is 6.31. The molecule has 5 rings (SSSR count). The van der Waals surface area contributed by atoms with Gasteiger partial charge in [-0.15, -0.1) is 0 Å². The zero-order valence-corrected chi connectivity index (χ0v) is 18.3. The number of fused-ring (bicyclic) bond motifs is 4. The van der Waals surface area contributed by atoms with Crippen LogP contribution in [0, 0.1) is 24.6 Å². The van der Waals surface area contributed by atoms with Crippen molar-refractivity contribution in [2.75, 3.05) is 5.32 Å². The van der Waals surface area contributed by atoms with Crippen molar-refractivity contribution in [3.05, 3.63) is 63.9 Å². The number of carbonyl (C=O) groups is 4. The van der Waals surface area contributed by atoms with Crippen LogP contribution in [0.4, 0.5) is 10.1 Å². The molecule has 170 valence electrons. The number of imide groups is 1. The van der Waals surface area contributed by atoms with Crippen LogP contribution < -0.4 is 16.4 Å². The Morgan fingerprint density at radius 3 is 2.55 bits per heavy atom. The second-order valence-corrected chi connectivity index (χ2v) is 9.16. The lowest BCUT2D eigenvalue weighted by molar-refractivity contribution is -0.143. The number of benzene rings is 2. The van der Waals surface area contributed by atoms with E-state index in [0.29, 0.717) is 27.4 Å². The van der Waals surface area contributed by atoms with Gasteiger partial charge in [-0.2, -0.15) is 0 Å². The lowest BCUT2D eigenvalue weighted by Crippen LogP contribution is -2.53. The van der Waals surface area contributed by atoms with Crippen molar-refractivity contribution in [3.8, 4) is 0 Å². The molecule has 2 aromatic carbocycles. The normalized spacial score (nSPS) is 27.8. The SMILES string of the molecule is Cc1cc(Cl)cc2c1NC(=O)[C@]21N[C@@H](CC(N)=O)[C@H]2C(=O)N(Cc3ccc(F)cc3)C(=O)[C@H]21. The molecular formula is C23H20ClFN4O4. The number of nitrogens with one attached hydrogen (secondary N) is 2. The zero-order chi connectivity index (χ0) is 23.7. The molecule has 2 saturated heterocycles.